The first kappa shape index (κ1) is 27.7. The number of methoxy groups -OCH3 is 1. The van der Waals surface area contributed by atoms with Crippen molar-refractivity contribution in [2.24, 2.45) is 4.99 Å². The third-order valence-electron chi connectivity index (χ3n) is 6.38. The molecule has 1 aromatic rings. The largest absolute Gasteiger partial charge is 0.496 e. The van der Waals surface area contributed by atoms with Crippen molar-refractivity contribution in [2.75, 3.05) is 72.6 Å². The van der Waals surface area contributed by atoms with Crippen LogP contribution in [0.4, 0.5) is 0 Å². The number of halogens is 1. The Morgan fingerprint density at radius 2 is 1.79 bits per heavy atom. The second-order valence-corrected chi connectivity index (χ2v) is 8.49. The molecule has 0 spiro atoms. The van der Waals surface area contributed by atoms with Crippen molar-refractivity contribution in [1.82, 2.24) is 25.3 Å². The summed E-state index contributed by atoms with van der Waals surface area (Å²) in [7, 11) is 1.74. The van der Waals surface area contributed by atoms with Crippen LogP contribution in [0.15, 0.2) is 29.3 Å². The highest BCUT2D eigenvalue weighted by molar-refractivity contribution is 14.0. The number of hydrogen-bond acceptors (Lipinski definition) is 5. The fourth-order valence-corrected chi connectivity index (χ4v) is 4.54. The molecule has 1 amide bonds. The summed E-state index contributed by atoms with van der Waals surface area (Å²) in [6.07, 6.45) is 2.48. The van der Waals surface area contributed by atoms with E-state index in [0.717, 1.165) is 70.6 Å². The summed E-state index contributed by atoms with van der Waals surface area (Å²) >= 11 is 0. The molecule has 2 aliphatic rings. The van der Waals surface area contributed by atoms with Crippen LogP contribution in [0.5, 0.6) is 5.75 Å². The Bertz CT molecular complexity index is 748. The predicted molar refractivity (Wildman–Crippen MR) is 145 cm³/mol. The van der Waals surface area contributed by atoms with Gasteiger partial charge in [-0.1, -0.05) is 18.2 Å². The Hall–Kier alpha value is -1.59. The first-order valence-electron chi connectivity index (χ1n) is 12.0. The standard InChI is InChI=1S/C24H40N6O2.HI/c1-4-25-24(26-11-14-28-15-17-29(18-16-28)20(2)31)27-19-22(30-12-7-8-13-30)21-9-5-6-10-23(21)32-3;/h5-6,9-10,22H,4,7-8,11-19H2,1-3H3,(H2,25,26,27);1H. The molecule has 8 nitrogen and oxygen atoms in total. The van der Waals surface area contributed by atoms with Crippen LogP contribution in [0, 0.1) is 0 Å². The Balaban J connectivity index is 0.00000385. The van der Waals surface area contributed by atoms with Crippen LogP contribution in [0.3, 0.4) is 0 Å². The molecule has 2 aliphatic heterocycles. The number of aliphatic imine (C=N–C) groups is 1. The molecule has 1 unspecified atom stereocenters. The van der Waals surface area contributed by atoms with Crippen LogP contribution in [0.2, 0.25) is 0 Å². The Morgan fingerprint density at radius 1 is 1.09 bits per heavy atom. The molecule has 2 fully saturated rings. The summed E-state index contributed by atoms with van der Waals surface area (Å²) in [4.78, 5) is 23.3. The monoisotopic (exact) mass is 572 g/mol. The molecule has 33 heavy (non-hydrogen) atoms. The van der Waals surface area contributed by atoms with Crippen LogP contribution < -0.4 is 15.4 Å². The summed E-state index contributed by atoms with van der Waals surface area (Å²) in [5.74, 6) is 1.96. The fourth-order valence-electron chi connectivity index (χ4n) is 4.54. The smallest absolute Gasteiger partial charge is 0.219 e. The number of likely N-dealkylation sites (tertiary alicyclic amines) is 1. The van der Waals surface area contributed by atoms with Crippen molar-refractivity contribution < 1.29 is 9.53 Å². The van der Waals surface area contributed by atoms with Gasteiger partial charge >= 0.3 is 0 Å². The second kappa shape index (κ2) is 14.6. The van der Waals surface area contributed by atoms with E-state index in [-0.39, 0.29) is 35.9 Å². The van der Waals surface area contributed by atoms with Crippen molar-refractivity contribution in [3.05, 3.63) is 29.8 Å². The molecule has 1 aromatic carbocycles. The van der Waals surface area contributed by atoms with E-state index >= 15 is 0 Å². The van der Waals surface area contributed by atoms with Gasteiger partial charge in [0.1, 0.15) is 5.75 Å². The van der Waals surface area contributed by atoms with E-state index in [2.05, 4.69) is 39.5 Å². The Morgan fingerprint density at radius 3 is 2.42 bits per heavy atom. The van der Waals surface area contributed by atoms with Crippen molar-refractivity contribution >= 4 is 35.8 Å². The average molecular weight is 573 g/mol. The maximum atomic E-state index is 11.5. The SMILES string of the molecule is CCNC(=NCC(c1ccccc1OC)N1CCCC1)NCCN1CCN(C(C)=O)CC1.I. The van der Waals surface area contributed by atoms with Gasteiger partial charge in [0.15, 0.2) is 5.96 Å². The molecule has 0 radical (unpaired) electrons. The number of rotatable bonds is 9. The van der Waals surface area contributed by atoms with Gasteiger partial charge in [-0.25, -0.2) is 0 Å². The van der Waals surface area contributed by atoms with E-state index in [0.29, 0.717) is 6.54 Å². The highest BCUT2D eigenvalue weighted by atomic mass is 127. The van der Waals surface area contributed by atoms with Gasteiger partial charge in [-0.05, 0) is 38.9 Å². The van der Waals surface area contributed by atoms with Crippen molar-refractivity contribution in [2.45, 2.75) is 32.7 Å². The van der Waals surface area contributed by atoms with Crippen LogP contribution >= 0.6 is 24.0 Å². The molecule has 0 aliphatic carbocycles. The summed E-state index contributed by atoms with van der Waals surface area (Å²) < 4.78 is 5.66. The number of carbonyl (C=O) groups is 1. The lowest BCUT2D eigenvalue weighted by molar-refractivity contribution is -0.130. The van der Waals surface area contributed by atoms with Crippen LogP contribution in [-0.4, -0.2) is 99.1 Å². The molecule has 0 bridgehead atoms. The maximum absolute atomic E-state index is 11.5. The fraction of sp³-hybridized carbons (Fsp3) is 0.667. The highest BCUT2D eigenvalue weighted by Gasteiger charge is 2.26. The number of nitrogens with one attached hydrogen (secondary N) is 2. The number of piperazine rings is 1. The minimum absolute atomic E-state index is 0. The normalized spacial score (nSPS) is 18.5. The number of carbonyl (C=O) groups excluding carboxylic acids is 1. The van der Waals surface area contributed by atoms with E-state index in [4.69, 9.17) is 9.73 Å². The van der Waals surface area contributed by atoms with Gasteiger partial charge < -0.3 is 20.3 Å². The van der Waals surface area contributed by atoms with Crippen LogP contribution in [0.25, 0.3) is 0 Å². The number of amides is 1. The number of guanidine groups is 1. The van der Waals surface area contributed by atoms with Crippen molar-refractivity contribution in [1.29, 1.82) is 0 Å². The second-order valence-electron chi connectivity index (χ2n) is 8.49. The zero-order chi connectivity index (χ0) is 22.8. The molecule has 1 atom stereocenters. The number of nitrogens with zero attached hydrogens (tertiary/aromatic N) is 4. The number of hydrogen-bond donors (Lipinski definition) is 2. The van der Waals surface area contributed by atoms with Crippen molar-refractivity contribution in [3.8, 4) is 5.75 Å². The summed E-state index contributed by atoms with van der Waals surface area (Å²) in [5.41, 5.74) is 1.21. The predicted octanol–water partition coefficient (Wildman–Crippen LogP) is 2.17. The minimum Gasteiger partial charge on any atom is -0.496 e. The molecule has 2 saturated heterocycles. The Labute approximate surface area is 216 Å². The number of para-hydroxylation sites is 1. The number of ether oxygens (including phenoxy) is 1. The molecule has 186 valence electrons. The third-order valence-corrected chi connectivity index (χ3v) is 6.38. The van der Waals surface area contributed by atoms with Gasteiger partial charge in [-0.15, -0.1) is 24.0 Å². The van der Waals surface area contributed by atoms with E-state index in [1.54, 1.807) is 14.0 Å². The van der Waals surface area contributed by atoms with E-state index < -0.39 is 0 Å². The summed E-state index contributed by atoms with van der Waals surface area (Å²) in [5, 5.41) is 6.88. The van der Waals surface area contributed by atoms with E-state index in [1.807, 2.05) is 17.0 Å². The van der Waals surface area contributed by atoms with E-state index in [9.17, 15) is 4.79 Å². The topological polar surface area (TPSA) is 72.4 Å². The summed E-state index contributed by atoms with van der Waals surface area (Å²) in [6.45, 7) is 12.7. The molecular weight excluding hydrogens is 531 g/mol. The van der Waals surface area contributed by atoms with Crippen molar-refractivity contribution in [3.63, 3.8) is 0 Å². The number of benzene rings is 1. The third kappa shape index (κ3) is 8.29. The van der Waals surface area contributed by atoms with Gasteiger partial charge in [-0.3, -0.25) is 19.6 Å². The zero-order valence-corrected chi connectivity index (χ0v) is 22.7. The molecule has 9 heteroatoms. The van der Waals surface area contributed by atoms with E-state index in [1.165, 1.54) is 18.4 Å². The van der Waals surface area contributed by atoms with Gasteiger partial charge in [0.05, 0.1) is 19.7 Å². The van der Waals surface area contributed by atoms with Crippen LogP contribution in [0.1, 0.15) is 38.3 Å². The minimum atomic E-state index is 0. The van der Waals surface area contributed by atoms with Gasteiger partial charge in [0.25, 0.3) is 0 Å². The highest BCUT2D eigenvalue weighted by Crippen LogP contribution is 2.31. The first-order valence-corrected chi connectivity index (χ1v) is 12.0. The lowest BCUT2D eigenvalue weighted by Gasteiger charge is -2.34. The summed E-state index contributed by atoms with van der Waals surface area (Å²) in [6, 6.07) is 8.52. The molecule has 0 saturated carbocycles. The van der Waals surface area contributed by atoms with Gasteiger partial charge in [0.2, 0.25) is 5.91 Å². The first-order chi connectivity index (χ1) is 15.6. The molecule has 0 aromatic heterocycles. The Kier molecular flexibility index (Phi) is 12.3. The molecule has 2 heterocycles. The van der Waals surface area contributed by atoms with Gasteiger partial charge in [0, 0.05) is 58.3 Å². The maximum Gasteiger partial charge on any atom is 0.219 e. The zero-order valence-electron chi connectivity index (χ0n) is 20.4. The molecular formula is C24H41IN6O2. The van der Waals surface area contributed by atoms with Crippen LogP contribution in [-0.2, 0) is 4.79 Å². The van der Waals surface area contributed by atoms with Gasteiger partial charge in [-0.2, -0.15) is 0 Å². The quantitative estimate of drug-likeness (QED) is 0.269. The molecule has 3 rings (SSSR count). The lowest BCUT2D eigenvalue weighted by atomic mass is 10.0. The lowest BCUT2D eigenvalue weighted by Crippen LogP contribution is -2.50. The molecule has 2 N–H and O–H groups in total. The average Bonchev–Trinajstić information content (AvgIpc) is 3.34.